The van der Waals surface area contributed by atoms with Crippen LogP contribution in [0.3, 0.4) is 0 Å². The number of ether oxygens (including phenoxy) is 1. The summed E-state index contributed by atoms with van der Waals surface area (Å²) in [5.74, 6) is -4.60. The summed E-state index contributed by atoms with van der Waals surface area (Å²) in [5, 5.41) is 0. The summed E-state index contributed by atoms with van der Waals surface area (Å²) in [7, 11) is 0. The number of aromatic nitrogens is 2. The molecule has 0 spiro atoms. The van der Waals surface area contributed by atoms with E-state index in [0.717, 1.165) is 24.3 Å². The molecule has 0 aromatic carbocycles. The maximum atomic E-state index is 14.8. The highest BCUT2D eigenvalue weighted by atomic mass is 19.3. The minimum absolute atomic E-state index is 0.0580. The molecule has 0 bridgehead atoms. The summed E-state index contributed by atoms with van der Waals surface area (Å²) in [4.78, 5) is 32.2. The molecule has 1 aromatic heterocycles. The Balaban J connectivity index is 1.77. The van der Waals surface area contributed by atoms with Crippen LogP contribution in [0, 0.1) is 11.7 Å². The molecule has 3 aliphatic rings. The molecule has 2 fully saturated rings. The molecule has 10 heteroatoms. The van der Waals surface area contributed by atoms with E-state index in [1.165, 1.54) is 4.90 Å². The van der Waals surface area contributed by atoms with Crippen molar-refractivity contribution in [2.45, 2.75) is 57.7 Å². The maximum absolute atomic E-state index is 14.8. The summed E-state index contributed by atoms with van der Waals surface area (Å²) in [5.41, 5.74) is -0.897. The molecule has 1 saturated heterocycles. The van der Waals surface area contributed by atoms with Gasteiger partial charge in [0.15, 0.2) is 11.6 Å². The highest BCUT2D eigenvalue weighted by Crippen LogP contribution is 2.36. The molecule has 7 nitrogen and oxygen atoms in total. The van der Waals surface area contributed by atoms with Crippen LogP contribution in [-0.4, -0.2) is 59.6 Å². The zero-order valence-corrected chi connectivity index (χ0v) is 16.5. The van der Waals surface area contributed by atoms with E-state index in [9.17, 15) is 22.8 Å². The zero-order valence-electron chi connectivity index (χ0n) is 16.5. The summed E-state index contributed by atoms with van der Waals surface area (Å²) < 4.78 is 50.0. The largest absolute Gasteiger partial charge is 0.375 e. The van der Waals surface area contributed by atoms with Gasteiger partial charge in [0.05, 0.1) is 25.3 Å². The molecule has 29 heavy (non-hydrogen) atoms. The predicted octanol–water partition coefficient (Wildman–Crippen LogP) is 1.82. The van der Waals surface area contributed by atoms with E-state index in [0.29, 0.717) is 19.7 Å². The fourth-order valence-corrected chi connectivity index (χ4v) is 4.11. The SMILES string of the molecule is CC1CN(c2nc3n(c(=O)c2F)CC[C@@H](C(C)(F)F)N3CC(=O)C2CC2)CCO1. The van der Waals surface area contributed by atoms with Crippen molar-refractivity contribution >= 4 is 17.5 Å². The van der Waals surface area contributed by atoms with Gasteiger partial charge in [0.1, 0.15) is 0 Å². The van der Waals surface area contributed by atoms with Crippen LogP contribution in [0.25, 0.3) is 0 Å². The van der Waals surface area contributed by atoms with Gasteiger partial charge < -0.3 is 14.5 Å². The van der Waals surface area contributed by atoms with Crippen LogP contribution in [0.15, 0.2) is 4.79 Å². The van der Waals surface area contributed by atoms with Crippen molar-refractivity contribution in [1.29, 1.82) is 0 Å². The Morgan fingerprint density at radius 2 is 2.00 bits per heavy atom. The lowest BCUT2D eigenvalue weighted by molar-refractivity contribution is -0.119. The smallest absolute Gasteiger partial charge is 0.293 e. The van der Waals surface area contributed by atoms with Crippen molar-refractivity contribution in [1.82, 2.24) is 9.55 Å². The lowest BCUT2D eigenvalue weighted by Gasteiger charge is -2.41. The van der Waals surface area contributed by atoms with Gasteiger partial charge in [-0.15, -0.1) is 0 Å². The standard InChI is InChI=1S/C19H25F3N4O3/c1-11-9-24(7-8-29-11)16-15(20)17(28)25-6-5-14(19(2,21)22)26(18(25)23-16)10-13(27)12-3-4-12/h11-12,14H,3-10H2,1-2H3/t11?,14-/m0/s1. The average Bonchev–Trinajstić information content (AvgIpc) is 3.49. The van der Waals surface area contributed by atoms with E-state index in [1.54, 1.807) is 4.90 Å². The number of rotatable bonds is 5. The van der Waals surface area contributed by atoms with E-state index in [2.05, 4.69) is 4.98 Å². The van der Waals surface area contributed by atoms with E-state index in [-0.39, 0.29) is 49.1 Å². The Kier molecular flexibility index (Phi) is 5.08. The number of hydrogen-bond acceptors (Lipinski definition) is 6. The Morgan fingerprint density at radius 3 is 2.62 bits per heavy atom. The summed E-state index contributed by atoms with van der Waals surface area (Å²) >= 11 is 0. The monoisotopic (exact) mass is 414 g/mol. The van der Waals surface area contributed by atoms with Gasteiger partial charge in [-0.1, -0.05) is 0 Å². The first-order valence-corrected chi connectivity index (χ1v) is 10.0. The molecular formula is C19H25F3N4O3. The number of carbonyl (C=O) groups excluding carboxylic acids is 1. The number of nitrogens with zero attached hydrogens (tertiary/aromatic N) is 4. The number of anilines is 2. The van der Waals surface area contributed by atoms with Gasteiger partial charge in [-0.3, -0.25) is 14.2 Å². The van der Waals surface area contributed by atoms with E-state index < -0.39 is 23.3 Å². The number of fused-ring (bicyclic) bond motifs is 1. The molecular weight excluding hydrogens is 389 g/mol. The molecule has 160 valence electrons. The first-order valence-electron chi connectivity index (χ1n) is 10.0. The minimum atomic E-state index is -3.10. The van der Waals surface area contributed by atoms with Gasteiger partial charge in [0, 0.05) is 32.5 Å². The highest BCUT2D eigenvalue weighted by Gasteiger charge is 2.45. The van der Waals surface area contributed by atoms with Crippen LogP contribution < -0.4 is 15.4 Å². The third-order valence-electron chi connectivity index (χ3n) is 5.82. The average molecular weight is 414 g/mol. The van der Waals surface area contributed by atoms with Crippen molar-refractivity contribution in [3.63, 3.8) is 0 Å². The second-order valence-electron chi connectivity index (χ2n) is 8.26. The van der Waals surface area contributed by atoms with Crippen LogP contribution >= 0.6 is 0 Å². The highest BCUT2D eigenvalue weighted by molar-refractivity contribution is 5.87. The summed E-state index contributed by atoms with van der Waals surface area (Å²) in [6.45, 7) is 3.32. The molecule has 1 aromatic rings. The van der Waals surface area contributed by atoms with Gasteiger partial charge in [0.2, 0.25) is 11.8 Å². The van der Waals surface area contributed by atoms with Crippen LogP contribution in [0.2, 0.25) is 0 Å². The third kappa shape index (κ3) is 3.86. The molecule has 0 radical (unpaired) electrons. The molecule has 0 amide bonds. The second-order valence-corrected chi connectivity index (χ2v) is 8.26. The summed E-state index contributed by atoms with van der Waals surface area (Å²) in [6.07, 6.45) is 1.26. The first-order chi connectivity index (χ1) is 13.7. The number of hydrogen-bond donors (Lipinski definition) is 0. The second kappa shape index (κ2) is 7.30. The Hall–Kier alpha value is -2.10. The molecule has 2 atom stereocenters. The zero-order chi connectivity index (χ0) is 20.9. The molecule has 1 unspecified atom stereocenters. The number of ketones is 1. The Labute approximate surface area is 166 Å². The van der Waals surface area contributed by atoms with E-state index in [1.807, 2.05) is 6.92 Å². The van der Waals surface area contributed by atoms with Gasteiger partial charge in [0.25, 0.3) is 11.5 Å². The minimum Gasteiger partial charge on any atom is -0.375 e. The fraction of sp³-hybridized carbons (Fsp3) is 0.737. The topological polar surface area (TPSA) is 67.7 Å². The van der Waals surface area contributed by atoms with Crippen LogP contribution in [-0.2, 0) is 16.1 Å². The van der Waals surface area contributed by atoms with Gasteiger partial charge in [-0.25, -0.2) is 8.78 Å². The molecule has 2 aliphatic heterocycles. The van der Waals surface area contributed by atoms with Crippen molar-refractivity contribution in [3.8, 4) is 0 Å². The van der Waals surface area contributed by atoms with Crippen molar-refractivity contribution in [2.24, 2.45) is 5.92 Å². The number of halogens is 3. The normalized spacial score (nSPS) is 25.1. The van der Waals surface area contributed by atoms with E-state index >= 15 is 0 Å². The predicted molar refractivity (Wildman–Crippen MR) is 100 cm³/mol. The molecule has 1 saturated carbocycles. The van der Waals surface area contributed by atoms with Crippen molar-refractivity contribution < 1.29 is 22.7 Å². The van der Waals surface area contributed by atoms with E-state index in [4.69, 9.17) is 4.74 Å². The van der Waals surface area contributed by atoms with Crippen LogP contribution in [0.1, 0.15) is 33.1 Å². The molecule has 0 N–H and O–H groups in total. The van der Waals surface area contributed by atoms with Crippen molar-refractivity contribution in [2.75, 3.05) is 36.0 Å². The fourth-order valence-electron chi connectivity index (χ4n) is 4.11. The molecule has 1 aliphatic carbocycles. The van der Waals surface area contributed by atoms with Gasteiger partial charge in [-0.05, 0) is 26.2 Å². The number of Topliss-reactive ketones (excluding diaryl/α,β-unsaturated/α-hetero) is 1. The third-order valence-corrected chi connectivity index (χ3v) is 5.82. The lowest BCUT2D eigenvalue weighted by Crippen LogP contribution is -2.55. The number of morpholine rings is 1. The number of carbonyl (C=O) groups is 1. The van der Waals surface area contributed by atoms with Gasteiger partial charge in [-0.2, -0.15) is 9.37 Å². The Bertz CT molecular complexity index is 865. The van der Waals surface area contributed by atoms with Crippen LogP contribution in [0.5, 0.6) is 0 Å². The summed E-state index contributed by atoms with van der Waals surface area (Å²) in [6, 6.07) is -1.28. The Morgan fingerprint density at radius 1 is 1.28 bits per heavy atom. The van der Waals surface area contributed by atoms with Gasteiger partial charge >= 0.3 is 0 Å². The molecule has 4 rings (SSSR count). The number of alkyl halides is 2. The first kappa shape index (κ1) is 20.2. The molecule has 3 heterocycles. The van der Waals surface area contributed by atoms with Crippen molar-refractivity contribution in [3.05, 3.63) is 16.2 Å². The quantitative estimate of drug-likeness (QED) is 0.732. The van der Waals surface area contributed by atoms with Crippen LogP contribution in [0.4, 0.5) is 24.9 Å². The maximum Gasteiger partial charge on any atom is 0.293 e. The lowest BCUT2D eigenvalue weighted by atomic mass is 10.0.